The summed E-state index contributed by atoms with van der Waals surface area (Å²) < 4.78 is 27.0. The van der Waals surface area contributed by atoms with Crippen molar-refractivity contribution in [2.24, 2.45) is 5.73 Å². The van der Waals surface area contributed by atoms with E-state index in [-0.39, 0.29) is 16.9 Å². The molecular weight excluding hydrogens is 330 g/mol. The van der Waals surface area contributed by atoms with Gasteiger partial charge in [0.05, 0.1) is 16.5 Å². The first-order chi connectivity index (χ1) is 11.3. The number of carbonyl (C=O) groups is 1. The fraction of sp³-hybridized carbons (Fsp3) is 0.125. The number of nitrogens with two attached hydrogens (primary N) is 1. The number of carboxylic acids is 1. The van der Waals surface area contributed by atoms with E-state index in [9.17, 15) is 13.2 Å². The number of nitrogens with one attached hydrogen (secondary N) is 1. The Morgan fingerprint density at radius 1 is 1.25 bits per heavy atom. The van der Waals surface area contributed by atoms with Gasteiger partial charge in [-0.05, 0) is 42.3 Å². The van der Waals surface area contributed by atoms with Gasteiger partial charge in [0.1, 0.15) is 6.04 Å². The van der Waals surface area contributed by atoms with Crippen molar-refractivity contribution in [2.45, 2.75) is 17.4 Å². The van der Waals surface area contributed by atoms with Gasteiger partial charge in [0.2, 0.25) is 0 Å². The van der Waals surface area contributed by atoms with Crippen LogP contribution in [0, 0.1) is 11.3 Å². The number of hydrogen-bond donors (Lipinski definition) is 3. The Kier molecular flexibility index (Phi) is 5.18. The molecule has 24 heavy (non-hydrogen) atoms. The maximum atomic E-state index is 12.3. The van der Waals surface area contributed by atoms with E-state index in [1.165, 1.54) is 36.4 Å². The van der Waals surface area contributed by atoms with Gasteiger partial charge in [0.15, 0.2) is 0 Å². The topological polar surface area (TPSA) is 133 Å². The second kappa shape index (κ2) is 7.12. The van der Waals surface area contributed by atoms with Crippen LogP contribution in [0.1, 0.15) is 11.1 Å². The van der Waals surface area contributed by atoms with Crippen LogP contribution < -0.4 is 10.5 Å². The number of carboxylic acid groups (broad SMARTS) is 1. The van der Waals surface area contributed by atoms with Crippen LogP contribution in [-0.2, 0) is 21.2 Å². The predicted octanol–water partition coefficient (Wildman–Crippen LogP) is 1.31. The normalized spacial score (nSPS) is 12.2. The van der Waals surface area contributed by atoms with Crippen molar-refractivity contribution in [2.75, 3.05) is 4.72 Å². The largest absolute Gasteiger partial charge is 0.480 e. The van der Waals surface area contributed by atoms with Crippen LogP contribution >= 0.6 is 0 Å². The molecule has 2 aromatic carbocycles. The van der Waals surface area contributed by atoms with Crippen LogP contribution in [-0.4, -0.2) is 25.5 Å². The zero-order chi connectivity index (χ0) is 17.7. The molecule has 0 heterocycles. The molecule has 0 aliphatic rings. The Balaban J connectivity index is 2.15. The van der Waals surface area contributed by atoms with Crippen molar-refractivity contribution in [3.63, 3.8) is 0 Å². The monoisotopic (exact) mass is 345 g/mol. The lowest BCUT2D eigenvalue weighted by Crippen LogP contribution is -2.32. The summed E-state index contributed by atoms with van der Waals surface area (Å²) in [5.41, 5.74) is 6.70. The molecule has 0 spiro atoms. The highest BCUT2D eigenvalue weighted by Crippen LogP contribution is 2.18. The van der Waals surface area contributed by atoms with Crippen LogP contribution in [0.2, 0.25) is 0 Å². The number of aliphatic carboxylic acids is 1. The highest BCUT2D eigenvalue weighted by molar-refractivity contribution is 7.92. The Labute approximate surface area is 139 Å². The van der Waals surface area contributed by atoms with Gasteiger partial charge in [-0.15, -0.1) is 0 Å². The summed E-state index contributed by atoms with van der Waals surface area (Å²) in [5, 5.41) is 17.6. The first-order valence-electron chi connectivity index (χ1n) is 6.92. The zero-order valence-corrected chi connectivity index (χ0v) is 13.3. The Bertz CT molecular complexity index is 886. The average Bonchev–Trinajstić information content (AvgIpc) is 2.56. The van der Waals surface area contributed by atoms with E-state index < -0.39 is 22.0 Å². The van der Waals surface area contributed by atoms with Gasteiger partial charge < -0.3 is 10.8 Å². The molecule has 4 N–H and O–H groups in total. The highest BCUT2D eigenvalue weighted by atomic mass is 32.2. The number of sulfonamides is 1. The van der Waals surface area contributed by atoms with Gasteiger partial charge in [-0.25, -0.2) is 8.42 Å². The van der Waals surface area contributed by atoms with E-state index in [0.717, 1.165) is 0 Å². The van der Waals surface area contributed by atoms with E-state index in [2.05, 4.69) is 4.72 Å². The molecule has 0 radical (unpaired) electrons. The molecule has 8 heteroatoms. The standard InChI is InChI=1S/C16H15N3O4S/c17-10-12-2-1-3-14(8-12)24(22,23)19-13-6-4-11(5-7-13)9-15(18)16(20)21/h1-8,15,19H,9,18H2,(H,20,21)/t15-/m0/s1. The van der Waals surface area contributed by atoms with Gasteiger partial charge in [-0.2, -0.15) is 5.26 Å². The van der Waals surface area contributed by atoms with Crippen LogP contribution in [0.4, 0.5) is 5.69 Å². The third-order valence-electron chi connectivity index (χ3n) is 3.25. The summed E-state index contributed by atoms with van der Waals surface area (Å²) >= 11 is 0. The van der Waals surface area contributed by atoms with Crippen LogP contribution in [0.15, 0.2) is 53.4 Å². The number of rotatable bonds is 6. The number of benzene rings is 2. The van der Waals surface area contributed by atoms with Gasteiger partial charge in [0, 0.05) is 5.69 Å². The fourth-order valence-electron chi connectivity index (χ4n) is 2.00. The molecule has 0 saturated heterocycles. The van der Waals surface area contributed by atoms with Gasteiger partial charge in [0.25, 0.3) is 10.0 Å². The smallest absolute Gasteiger partial charge is 0.320 e. The molecule has 124 valence electrons. The lowest BCUT2D eigenvalue weighted by atomic mass is 10.1. The Morgan fingerprint density at radius 3 is 2.50 bits per heavy atom. The maximum Gasteiger partial charge on any atom is 0.320 e. The van der Waals surface area contributed by atoms with Crippen LogP contribution in [0.25, 0.3) is 0 Å². The third kappa shape index (κ3) is 4.32. The number of nitriles is 1. The highest BCUT2D eigenvalue weighted by Gasteiger charge is 2.15. The van der Waals surface area contributed by atoms with Crippen molar-refractivity contribution in [1.82, 2.24) is 0 Å². The minimum absolute atomic E-state index is 0.0153. The van der Waals surface area contributed by atoms with Crippen molar-refractivity contribution < 1.29 is 18.3 Å². The number of anilines is 1. The summed E-state index contributed by atoms with van der Waals surface area (Å²) in [6.45, 7) is 0. The van der Waals surface area contributed by atoms with E-state index in [4.69, 9.17) is 16.1 Å². The van der Waals surface area contributed by atoms with Crippen molar-refractivity contribution in [3.8, 4) is 6.07 Å². The summed E-state index contributed by atoms with van der Waals surface area (Å²) in [6.07, 6.45) is 0.145. The van der Waals surface area contributed by atoms with Crippen LogP contribution in [0.3, 0.4) is 0 Å². The molecule has 7 nitrogen and oxygen atoms in total. The van der Waals surface area contributed by atoms with E-state index in [1.807, 2.05) is 6.07 Å². The number of nitrogens with zero attached hydrogens (tertiary/aromatic N) is 1. The molecule has 1 atom stereocenters. The molecule has 0 aliphatic carbocycles. The average molecular weight is 345 g/mol. The summed E-state index contributed by atoms with van der Waals surface area (Å²) in [4.78, 5) is 10.7. The molecular formula is C16H15N3O4S. The lowest BCUT2D eigenvalue weighted by molar-refractivity contribution is -0.138. The minimum atomic E-state index is -3.82. The molecule has 0 unspecified atom stereocenters. The summed E-state index contributed by atoms with van der Waals surface area (Å²) in [5.74, 6) is -1.10. The quantitative estimate of drug-likeness (QED) is 0.723. The zero-order valence-electron chi connectivity index (χ0n) is 12.5. The van der Waals surface area contributed by atoms with E-state index >= 15 is 0 Å². The van der Waals surface area contributed by atoms with E-state index in [1.54, 1.807) is 12.1 Å². The molecule has 0 bridgehead atoms. The molecule has 0 aromatic heterocycles. The first kappa shape index (κ1) is 17.5. The minimum Gasteiger partial charge on any atom is -0.480 e. The fourth-order valence-corrected chi connectivity index (χ4v) is 3.10. The molecule has 0 amide bonds. The second-order valence-electron chi connectivity index (χ2n) is 5.09. The number of hydrogen-bond acceptors (Lipinski definition) is 5. The summed E-state index contributed by atoms with van der Waals surface area (Å²) in [7, 11) is -3.82. The molecule has 0 saturated carbocycles. The molecule has 0 aliphatic heterocycles. The first-order valence-corrected chi connectivity index (χ1v) is 8.40. The van der Waals surface area contributed by atoms with Crippen LogP contribution in [0.5, 0.6) is 0 Å². The third-order valence-corrected chi connectivity index (χ3v) is 4.63. The Morgan fingerprint density at radius 2 is 1.92 bits per heavy atom. The van der Waals surface area contributed by atoms with Gasteiger partial charge >= 0.3 is 5.97 Å². The summed E-state index contributed by atoms with van der Waals surface area (Å²) in [6, 6.07) is 12.8. The Hall–Kier alpha value is -2.89. The van der Waals surface area contributed by atoms with Crippen molar-refractivity contribution in [3.05, 3.63) is 59.7 Å². The lowest BCUT2D eigenvalue weighted by Gasteiger charge is -2.10. The molecule has 2 aromatic rings. The van der Waals surface area contributed by atoms with Gasteiger partial charge in [-0.1, -0.05) is 18.2 Å². The van der Waals surface area contributed by atoms with E-state index in [0.29, 0.717) is 11.3 Å². The van der Waals surface area contributed by atoms with Gasteiger partial charge in [-0.3, -0.25) is 9.52 Å². The predicted molar refractivity (Wildman–Crippen MR) is 87.7 cm³/mol. The van der Waals surface area contributed by atoms with Crippen molar-refractivity contribution in [1.29, 1.82) is 5.26 Å². The maximum absolute atomic E-state index is 12.3. The van der Waals surface area contributed by atoms with Crippen molar-refractivity contribution >= 4 is 21.7 Å². The second-order valence-corrected chi connectivity index (χ2v) is 6.77. The molecule has 0 fully saturated rings. The SMILES string of the molecule is N#Cc1cccc(S(=O)(=O)Nc2ccc(C[C@H](N)C(=O)O)cc2)c1. The molecule has 2 rings (SSSR count).